The van der Waals surface area contributed by atoms with Crippen LogP contribution in [0.1, 0.15) is 27.7 Å². The highest BCUT2D eigenvalue weighted by Gasteiger charge is 2.15. The number of nitrogens with zero attached hydrogens (tertiary/aromatic N) is 1. The van der Waals surface area contributed by atoms with Crippen LogP contribution in [0.25, 0.3) is 0 Å². The van der Waals surface area contributed by atoms with Crippen LogP contribution < -0.4 is 0 Å². The lowest BCUT2D eigenvalue weighted by Gasteiger charge is -2.21. The fraction of sp³-hybridized carbons (Fsp3) is 0.545. The van der Waals surface area contributed by atoms with Gasteiger partial charge in [-0.15, -0.1) is 0 Å². The zero-order chi connectivity index (χ0) is 9.24. The third kappa shape index (κ3) is 2.65. The lowest BCUT2D eigenvalue weighted by Crippen LogP contribution is -2.16. The summed E-state index contributed by atoms with van der Waals surface area (Å²) in [5.41, 5.74) is 0.103. The van der Waals surface area contributed by atoms with Crippen LogP contribution in [-0.4, -0.2) is 11.8 Å². The van der Waals surface area contributed by atoms with Crippen molar-refractivity contribution in [3.8, 4) is 0 Å². The zero-order valence-electron chi connectivity index (χ0n) is 8.33. The van der Waals surface area contributed by atoms with Crippen molar-refractivity contribution in [2.75, 3.05) is 0 Å². The van der Waals surface area contributed by atoms with Gasteiger partial charge < -0.3 is 0 Å². The van der Waals surface area contributed by atoms with Crippen molar-refractivity contribution in [3.63, 3.8) is 0 Å². The summed E-state index contributed by atoms with van der Waals surface area (Å²) in [7, 11) is 0. The largest absolute Gasteiger partial charge is 0.283 e. The third-order valence-corrected chi connectivity index (χ3v) is 1.94. The van der Waals surface area contributed by atoms with Crippen molar-refractivity contribution in [2.24, 2.45) is 10.4 Å². The van der Waals surface area contributed by atoms with Gasteiger partial charge in [0.25, 0.3) is 0 Å². The molecule has 66 valence electrons. The Morgan fingerprint density at radius 1 is 0.917 bits per heavy atom. The van der Waals surface area contributed by atoms with Gasteiger partial charge in [-0.3, -0.25) is 4.99 Å². The van der Waals surface area contributed by atoms with Crippen LogP contribution in [0.15, 0.2) is 29.3 Å². The van der Waals surface area contributed by atoms with E-state index in [0.29, 0.717) is 0 Å². The van der Waals surface area contributed by atoms with E-state index in [2.05, 4.69) is 50.9 Å². The molecule has 0 spiro atoms. The number of hydrogen-bond acceptors (Lipinski definition) is 1. The van der Waals surface area contributed by atoms with Gasteiger partial charge in [0.05, 0.1) is 5.54 Å². The summed E-state index contributed by atoms with van der Waals surface area (Å²) in [6, 6.07) is 0. The Balaban J connectivity index is 2.97. The van der Waals surface area contributed by atoms with Crippen LogP contribution in [0.5, 0.6) is 0 Å². The molecule has 0 aromatic rings. The first-order valence-electron chi connectivity index (χ1n) is 4.35. The molecule has 0 radical (unpaired) electrons. The van der Waals surface area contributed by atoms with Crippen LogP contribution in [0.4, 0.5) is 0 Å². The third-order valence-electron chi connectivity index (χ3n) is 1.94. The molecule has 0 saturated heterocycles. The average molecular weight is 163 g/mol. The molecular formula is C11H17N. The lowest BCUT2D eigenvalue weighted by molar-refractivity contribution is 0.593. The van der Waals surface area contributed by atoms with Gasteiger partial charge in [0.15, 0.2) is 0 Å². The van der Waals surface area contributed by atoms with E-state index >= 15 is 0 Å². The smallest absolute Gasteiger partial charge is 0.0731 e. The van der Waals surface area contributed by atoms with Gasteiger partial charge >= 0.3 is 0 Å². The predicted molar refractivity (Wildman–Crippen MR) is 54.6 cm³/mol. The number of hydrogen-bond donors (Lipinski definition) is 0. The van der Waals surface area contributed by atoms with Crippen molar-refractivity contribution in [2.45, 2.75) is 33.2 Å². The molecule has 0 unspecified atom stereocenters. The Hall–Kier alpha value is -0.850. The van der Waals surface area contributed by atoms with E-state index in [-0.39, 0.29) is 11.0 Å². The maximum absolute atomic E-state index is 4.38. The molecule has 1 heterocycles. The maximum atomic E-state index is 4.38. The van der Waals surface area contributed by atoms with Crippen molar-refractivity contribution in [1.82, 2.24) is 0 Å². The molecule has 0 amide bonds. The summed E-state index contributed by atoms with van der Waals surface area (Å²) in [6.45, 7) is 8.59. The minimum atomic E-state index is -0.0535. The number of allylic oxidation sites excluding steroid dienone is 3. The van der Waals surface area contributed by atoms with Crippen LogP contribution in [0.2, 0.25) is 0 Å². The summed E-state index contributed by atoms with van der Waals surface area (Å²) < 4.78 is 0. The van der Waals surface area contributed by atoms with Gasteiger partial charge in [-0.05, 0) is 19.9 Å². The molecule has 0 N–H and O–H groups in total. The van der Waals surface area contributed by atoms with Crippen LogP contribution in [0, 0.1) is 5.41 Å². The molecule has 1 aliphatic heterocycles. The molecule has 0 atom stereocenters. The minimum absolute atomic E-state index is 0.0535. The van der Waals surface area contributed by atoms with E-state index in [1.165, 1.54) is 0 Å². The van der Waals surface area contributed by atoms with Gasteiger partial charge in [-0.25, -0.2) is 0 Å². The standard InChI is InChI=1S/C11H17N/c1-10(2)6-5-9-12-11(3,4)8-7-10/h5-9H,1-4H3. The summed E-state index contributed by atoms with van der Waals surface area (Å²) in [4.78, 5) is 4.38. The number of rotatable bonds is 0. The molecule has 0 fully saturated rings. The molecule has 1 heteroatoms. The Bertz CT molecular complexity index is 216. The van der Waals surface area contributed by atoms with Crippen molar-refractivity contribution in [3.05, 3.63) is 24.3 Å². The molecule has 1 rings (SSSR count). The first-order chi connectivity index (χ1) is 5.41. The zero-order valence-corrected chi connectivity index (χ0v) is 8.33. The summed E-state index contributed by atoms with van der Waals surface area (Å²) in [5.74, 6) is 0. The first kappa shape index (κ1) is 9.24. The second-order valence-electron chi connectivity index (χ2n) is 4.45. The molecule has 1 nitrogen and oxygen atoms in total. The Morgan fingerprint density at radius 2 is 1.58 bits per heavy atom. The molecular weight excluding hydrogens is 146 g/mol. The van der Waals surface area contributed by atoms with E-state index in [1.54, 1.807) is 0 Å². The monoisotopic (exact) mass is 163 g/mol. The van der Waals surface area contributed by atoms with Crippen LogP contribution in [-0.2, 0) is 0 Å². The van der Waals surface area contributed by atoms with E-state index in [4.69, 9.17) is 0 Å². The Labute approximate surface area is 74.9 Å². The highest BCUT2D eigenvalue weighted by molar-refractivity contribution is 5.72. The maximum Gasteiger partial charge on any atom is 0.0731 e. The molecule has 0 bridgehead atoms. The Morgan fingerprint density at radius 3 is 2.25 bits per heavy atom. The molecule has 0 aromatic heterocycles. The fourth-order valence-corrected chi connectivity index (χ4v) is 1.04. The first-order valence-corrected chi connectivity index (χ1v) is 4.35. The molecule has 0 aliphatic carbocycles. The van der Waals surface area contributed by atoms with E-state index < -0.39 is 0 Å². The van der Waals surface area contributed by atoms with Gasteiger partial charge in [0.2, 0.25) is 0 Å². The fourth-order valence-electron chi connectivity index (χ4n) is 1.04. The van der Waals surface area contributed by atoms with Gasteiger partial charge in [0, 0.05) is 11.6 Å². The minimum Gasteiger partial charge on any atom is -0.283 e. The summed E-state index contributed by atoms with van der Waals surface area (Å²) in [6.07, 6.45) is 10.4. The molecule has 0 aromatic carbocycles. The van der Waals surface area contributed by atoms with Gasteiger partial charge in [0.1, 0.15) is 0 Å². The van der Waals surface area contributed by atoms with Crippen LogP contribution >= 0.6 is 0 Å². The predicted octanol–water partition coefficient (Wildman–Crippen LogP) is 2.99. The second kappa shape index (κ2) is 2.89. The van der Waals surface area contributed by atoms with Gasteiger partial charge in [-0.2, -0.15) is 0 Å². The topological polar surface area (TPSA) is 12.4 Å². The van der Waals surface area contributed by atoms with Crippen molar-refractivity contribution < 1.29 is 0 Å². The molecule has 12 heavy (non-hydrogen) atoms. The average Bonchev–Trinajstić information content (AvgIpc) is 1.94. The lowest BCUT2D eigenvalue weighted by atomic mass is 9.89. The SMILES string of the molecule is CC1(C)C=CC=NC(C)(C)C=C1. The molecule has 0 saturated carbocycles. The van der Waals surface area contributed by atoms with E-state index in [0.717, 1.165) is 0 Å². The normalized spacial score (nSPS) is 25.0. The summed E-state index contributed by atoms with van der Waals surface area (Å²) >= 11 is 0. The van der Waals surface area contributed by atoms with Crippen molar-refractivity contribution >= 4 is 6.21 Å². The Kier molecular flexibility index (Phi) is 2.22. The summed E-state index contributed by atoms with van der Waals surface area (Å²) in [5, 5.41) is 0. The van der Waals surface area contributed by atoms with Gasteiger partial charge in [-0.1, -0.05) is 32.1 Å². The van der Waals surface area contributed by atoms with E-state index in [1.807, 2.05) is 12.3 Å². The highest BCUT2D eigenvalue weighted by atomic mass is 14.8. The molecule has 1 aliphatic rings. The number of aliphatic imine (C=N–C) groups is 1. The quantitative estimate of drug-likeness (QED) is 0.487. The highest BCUT2D eigenvalue weighted by Crippen LogP contribution is 2.23. The van der Waals surface area contributed by atoms with E-state index in [9.17, 15) is 0 Å². The van der Waals surface area contributed by atoms with Crippen LogP contribution in [0.3, 0.4) is 0 Å². The second-order valence-corrected chi connectivity index (χ2v) is 4.45. The van der Waals surface area contributed by atoms with Crippen molar-refractivity contribution in [1.29, 1.82) is 0 Å².